The highest BCUT2D eigenvalue weighted by Gasteiger charge is 2.07. The van der Waals surface area contributed by atoms with E-state index in [1.807, 2.05) is 0 Å². The number of carboxylic acid groups (broad SMARTS) is 1. The lowest BCUT2D eigenvalue weighted by atomic mass is 10.2. The minimum atomic E-state index is -1.12. The molecule has 1 amide bonds. The minimum absolute atomic E-state index is 0.228. The van der Waals surface area contributed by atoms with Crippen molar-refractivity contribution in [3.63, 3.8) is 0 Å². The fourth-order valence-electron chi connectivity index (χ4n) is 1.84. The van der Waals surface area contributed by atoms with Crippen LogP contribution in [0.25, 0.3) is 0 Å². The summed E-state index contributed by atoms with van der Waals surface area (Å²) in [5.41, 5.74) is 4.27. The summed E-state index contributed by atoms with van der Waals surface area (Å²) in [5, 5.41) is 17.8. The van der Waals surface area contributed by atoms with E-state index in [9.17, 15) is 14.0 Å². The molecule has 0 aliphatic heterocycles. The molecule has 4 N–H and O–H groups in total. The molecule has 0 radical (unpaired) electrons. The van der Waals surface area contributed by atoms with Gasteiger partial charge in [0, 0.05) is 11.3 Å². The van der Waals surface area contributed by atoms with Crippen molar-refractivity contribution in [3.8, 4) is 0 Å². The van der Waals surface area contributed by atoms with E-state index in [0.717, 1.165) is 0 Å². The Morgan fingerprint density at radius 2 is 1.77 bits per heavy atom. The molecule has 0 unspecified atom stereocenters. The Labute approximate surface area is 153 Å². The van der Waals surface area contributed by atoms with Crippen molar-refractivity contribution in [2.24, 2.45) is 5.10 Å². The minimum Gasteiger partial charge on any atom is -0.480 e. The Morgan fingerprint density at radius 3 is 2.38 bits per heavy atom. The number of aliphatic carboxylic acids is 1. The molecule has 0 saturated carbocycles. The van der Waals surface area contributed by atoms with E-state index in [4.69, 9.17) is 17.3 Å². The molecule has 9 heteroatoms. The Hall–Kier alpha value is -3.33. The molecule has 0 atom stereocenters. The summed E-state index contributed by atoms with van der Waals surface area (Å²) in [5.74, 6) is -1.93. The summed E-state index contributed by atoms with van der Waals surface area (Å²) in [6.07, 6.45) is 1.49. The molecule has 0 spiro atoms. The average Bonchev–Trinajstić information content (AvgIpc) is 2.62. The van der Waals surface area contributed by atoms with E-state index < -0.39 is 18.4 Å². The Kier molecular flexibility index (Phi) is 6.75. The number of nitrogens with one attached hydrogen (secondary N) is 3. The molecule has 2 aromatic rings. The maximum atomic E-state index is 12.8. The van der Waals surface area contributed by atoms with Gasteiger partial charge in [0.1, 0.15) is 12.4 Å². The smallest absolute Gasteiger partial charge is 0.322 e. The first kappa shape index (κ1) is 19.0. The van der Waals surface area contributed by atoms with Gasteiger partial charge in [-0.1, -0.05) is 12.1 Å². The third-order valence-corrected chi connectivity index (χ3v) is 3.25. The summed E-state index contributed by atoms with van der Waals surface area (Å²) in [7, 11) is 0. The number of nitrogens with zero attached hydrogens (tertiary/aromatic N) is 1. The number of carbonyl (C=O) groups is 2. The monoisotopic (exact) mass is 374 g/mol. The van der Waals surface area contributed by atoms with Crippen LogP contribution in [0.1, 0.15) is 15.9 Å². The lowest BCUT2D eigenvalue weighted by Crippen LogP contribution is -2.29. The second-order valence-corrected chi connectivity index (χ2v) is 5.44. The van der Waals surface area contributed by atoms with Crippen LogP contribution in [0.3, 0.4) is 0 Å². The van der Waals surface area contributed by atoms with Crippen LogP contribution >= 0.6 is 12.2 Å². The molecule has 0 aromatic heterocycles. The predicted molar refractivity (Wildman–Crippen MR) is 99.8 cm³/mol. The van der Waals surface area contributed by atoms with Crippen molar-refractivity contribution in [3.05, 3.63) is 65.5 Å². The first-order valence-corrected chi connectivity index (χ1v) is 7.80. The zero-order valence-corrected chi connectivity index (χ0v) is 14.2. The lowest BCUT2D eigenvalue weighted by Gasteiger charge is -2.08. The van der Waals surface area contributed by atoms with E-state index in [-0.39, 0.29) is 10.9 Å². The SMILES string of the molecule is O=C(O)CNC(=O)c1ccc(NC(=S)N/N=C/c2ccc(F)cc2)cc1. The number of rotatable bonds is 6. The molecule has 0 saturated heterocycles. The fraction of sp³-hybridized carbons (Fsp3) is 0.0588. The first-order chi connectivity index (χ1) is 12.4. The predicted octanol–water partition coefficient (Wildman–Crippen LogP) is 1.96. The largest absolute Gasteiger partial charge is 0.480 e. The van der Waals surface area contributed by atoms with E-state index in [1.54, 1.807) is 24.3 Å². The Balaban J connectivity index is 1.84. The van der Waals surface area contributed by atoms with E-state index in [1.165, 1.54) is 30.5 Å². The maximum Gasteiger partial charge on any atom is 0.322 e. The van der Waals surface area contributed by atoms with Gasteiger partial charge < -0.3 is 15.7 Å². The number of hydrazone groups is 1. The van der Waals surface area contributed by atoms with Gasteiger partial charge in [-0.25, -0.2) is 4.39 Å². The van der Waals surface area contributed by atoms with Gasteiger partial charge in [-0.2, -0.15) is 5.10 Å². The number of amides is 1. The van der Waals surface area contributed by atoms with Crippen molar-refractivity contribution < 1.29 is 19.1 Å². The lowest BCUT2D eigenvalue weighted by molar-refractivity contribution is -0.135. The van der Waals surface area contributed by atoms with E-state index in [2.05, 4.69) is 21.2 Å². The number of hydrogen-bond acceptors (Lipinski definition) is 4. The standard InChI is InChI=1S/C17H15FN4O3S/c18-13-5-1-11(2-6-13)9-20-22-17(26)21-14-7-3-12(4-8-14)16(25)19-10-15(23)24/h1-9H,10H2,(H,19,25)(H,23,24)(H2,21,22,26)/b20-9+. The van der Waals surface area contributed by atoms with Crippen LogP contribution in [0.15, 0.2) is 53.6 Å². The maximum absolute atomic E-state index is 12.8. The molecule has 2 rings (SSSR count). The van der Waals surface area contributed by atoms with Crippen molar-refractivity contribution >= 4 is 41.1 Å². The first-order valence-electron chi connectivity index (χ1n) is 7.40. The van der Waals surface area contributed by atoms with Crippen LogP contribution in [-0.2, 0) is 4.79 Å². The van der Waals surface area contributed by atoms with Gasteiger partial charge in [0.15, 0.2) is 5.11 Å². The van der Waals surface area contributed by atoms with Crippen LogP contribution in [0.2, 0.25) is 0 Å². The summed E-state index contributed by atoms with van der Waals surface area (Å²) >= 11 is 5.09. The van der Waals surface area contributed by atoms with Crippen LogP contribution in [0, 0.1) is 5.82 Å². The number of benzene rings is 2. The van der Waals surface area contributed by atoms with E-state index >= 15 is 0 Å². The Bertz CT molecular complexity index is 823. The molecule has 0 fully saturated rings. The molecule has 0 bridgehead atoms. The number of thiocarbonyl (C=S) groups is 1. The molecular formula is C17H15FN4O3S. The molecule has 0 aliphatic rings. The zero-order valence-electron chi connectivity index (χ0n) is 13.4. The van der Waals surface area contributed by atoms with E-state index in [0.29, 0.717) is 16.8 Å². The normalized spacial score (nSPS) is 10.3. The summed E-state index contributed by atoms with van der Waals surface area (Å²) in [6.45, 7) is -0.446. The molecule has 0 aliphatic carbocycles. The summed E-state index contributed by atoms with van der Waals surface area (Å²) in [6, 6.07) is 12.1. The van der Waals surface area contributed by atoms with Crippen molar-refractivity contribution in [2.45, 2.75) is 0 Å². The van der Waals surface area contributed by atoms with Gasteiger partial charge in [-0.3, -0.25) is 15.0 Å². The third-order valence-electron chi connectivity index (χ3n) is 3.05. The van der Waals surface area contributed by atoms with Crippen molar-refractivity contribution in [2.75, 3.05) is 11.9 Å². The second-order valence-electron chi connectivity index (χ2n) is 5.03. The number of carboxylic acids is 1. The van der Waals surface area contributed by atoms with Crippen LogP contribution in [-0.4, -0.2) is 34.9 Å². The molecule has 7 nitrogen and oxygen atoms in total. The van der Waals surface area contributed by atoms with Crippen LogP contribution in [0.5, 0.6) is 0 Å². The van der Waals surface area contributed by atoms with Crippen molar-refractivity contribution in [1.82, 2.24) is 10.7 Å². The van der Waals surface area contributed by atoms with Crippen LogP contribution < -0.4 is 16.1 Å². The molecule has 134 valence electrons. The van der Waals surface area contributed by atoms with Gasteiger partial charge >= 0.3 is 5.97 Å². The van der Waals surface area contributed by atoms with Gasteiger partial charge in [-0.05, 0) is 54.2 Å². The number of halogens is 1. The molecule has 0 heterocycles. The number of carbonyl (C=O) groups excluding carboxylic acids is 1. The summed E-state index contributed by atoms with van der Waals surface area (Å²) < 4.78 is 12.8. The zero-order chi connectivity index (χ0) is 18.9. The number of anilines is 1. The van der Waals surface area contributed by atoms with Gasteiger partial charge in [0.05, 0.1) is 6.21 Å². The van der Waals surface area contributed by atoms with Gasteiger partial charge in [-0.15, -0.1) is 0 Å². The topological polar surface area (TPSA) is 103 Å². The molecule has 2 aromatic carbocycles. The van der Waals surface area contributed by atoms with Gasteiger partial charge in [0.25, 0.3) is 5.91 Å². The average molecular weight is 374 g/mol. The van der Waals surface area contributed by atoms with Gasteiger partial charge in [0.2, 0.25) is 0 Å². The summed E-state index contributed by atoms with van der Waals surface area (Å²) in [4.78, 5) is 22.1. The molecule has 26 heavy (non-hydrogen) atoms. The highest BCUT2D eigenvalue weighted by atomic mass is 32.1. The molecular weight excluding hydrogens is 359 g/mol. The Morgan fingerprint density at radius 1 is 1.12 bits per heavy atom. The second kappa shape index (κ2) is 9.23. The third kappa shape index (κ3) is 6.29. The highest BCUT2D eigenvalue weighted by molar-refractivity contribution is 7.80. The number of hydrogen-bond donors (Lipinski definition) is 4. The highest BCUT2D eigenvalue weighted by Crippen LogP contribution is 2.09. The quantitative estimate of drug-likeness (QED) is 0.350. The van der Waals surface area contributed by atoms with Crippen LogP contribution in [0.4, 0.5) is 10.1 Å². The fourth-order valence-corrected chi connectivity index (χ4v) is 2.01. The van der Waals surface area contributed by atoms with Crippen molar-refractivity contribution in [1.29, 1.82) is 0 Å².